The van der Waals surface area contributed by atoms with Crippen LogP contribution in [0.15, 0.2) is 53.7 Å². The van der Waals surface area contributed by atoms with E-state index in [1.807, 2.05) is 0 Å². The summed E-state index contributed by atoms with van der Waals surface area (Å²) in [6, 6.07) is 8.50. The summed E-state index contributed by atoms with van der Waals surface area (Å²) >= 11 is 0. The number of benzene rings is 1. The van der Waals surface area contributed by atoms with Gasteiger partial charge in [0.25, 0.3) is 9.84 Å². The predicted molar refractivity (Wildman–Crippen MR) is 76.0 cm³/mol. The highest BCUT2D eigenvalue weighted by Gasteiger charge is 2.48. The van der Waals surface area contributed by atoms with Crippen LogP contribution in [0.3, 0.4) is 0 Å². The van der Waals surface area contributed by atoms with E-state index in [1.54, 1.807) is 24.5 Å². The zero-order valence-corrected chi connectivity index (χ0v) is 12.4. The molecule has 22 heavy (non-hydrogen) atoms. The fourth-order valence-electron chi connectivity index (χ4n) is 1.98. The fraction of sp³-hybridized carbons (Fsp3) is 0.214. The molecule has 0 radical (unpaired) electrons. The Bertz CT molecular complexity index is 746. The number of aromatic nitrogens is 1. The van der Waals surface area contributed by atoms with Crippen LogP contribution in [-0.2, 0) is 16.4 Å². The maximum atomic E-state index is 12.8. The molecular weight excluding hydrogens is 317 g/mol. The van der Waals surface area contributed by atoms with Crippen molar-refractivity contribution in [2.24, 2.45) is 0 Å². The number of alkyl halides is 3. The SMILES string of the molecule is CN(Cc1cccnc1)c1ccccc1S(=O)(=O)C(F)(F)F. The molecule has 0 amide bonds. The predicted octanol–water partition coefficient (Wildman–Crippen LogP) is 3.01. The Kier molecular flexibility index (Phi) is 4.41. The molecule has 118 valence electrons. The van der Waals surface area contributed by atoms with Gasteiger partial charge in [0, 0.05) is 26.0 Å². The third-order valence-corrected chi connectivity index (χ3v) is 4.55. The first kappa shape index (κ1) is 16.3. The van der Waals surface area contributed by atoms with Crippen molar-refractivity contribution in [2.45, 2.75) is 16.9 Å². The lowest BCUT2D eigenvalue weighted by Gasteiger charge is -2.22. The molecule has 1 aromatic heterocycles. The summed E-state index contributed by atoms with van der Waals surface area (Å²) in [6.07, 6.45) is 3.14. The normalized spacial score (nSPS) is 12.2. The minimum absolute atomic E-state index is 0.0105. The van der Waals surface area contributed by atoms with E-state index in [1.165, 1.54) is 30.1 Å². The molecule has 2 rings (SSSR count). The van der Waals surface area contributed by atoms with Crippen molar-refractivity contribution in [1.29, 1.82) is 0 Å². The molecule has 4 nitrogen and oxygen atoms in total. The molecule has 0 aliphatic heterocycles. The average Bonchev–Trinajstić information content (AvgIpc) is 2.47. The van der Waals surface area contributed by atoms with Gasteiger partial charge in [-0.2, -0.15) is 13.2 Å². The lowest BCUT2D eigenvalue weighted by atomic mass is 10.2. The minimum Gasteiger partial charge on any atom is -0.369 e. The molecule has 0 bridgehead atoms. The van der Waals surface area contributed by atoms with E-state index in [-0.39, 0.29) is 12.2 Å². The van der Waals surface area contributed by atoms with Crippen molar-refractivity contribution >= 4 is 15.5 Å². The summed E-state index contributed by atoms with van der Waals surface area (Å²) in [6.45, 7) is 0.234. The zero-order valence-electron chi connectivity index (χ0n) is 11.6. The smallest absolute Gasteiger partial charge is 0.369 e. The summed E-state index contributed by atoms with van der Waals surface area (Å²) < 4.78 is 61.7. The van der Waals surface area contributed by atoms with E-state index in [0.717, 1.165) is 11.6 Å². The molecule has 1 aromatic carbocycles. The van der Waals surface area contributed by atoms with Gasteiger partial charge in [0.1, 0.15) is 0 Å². The molecule has 0 aliphatic carbocycles. The molecule has 0 aliphatic rings. The van der Waals surface area contributed by atoms with Crippen LogP contribution in [0.25, 0.3) is 0 Å². The summed E-state index contributed by atoms with van der Waals surface area (Å²) in [5.74, 6) is 0. The van der Waals surface area contributed by atoms with Gasteiger partial charge in [-0.15, -0.1) is 0 Å². The Morgan fingerprint density at radius 3 is 2.41 bits per heavy atom. The topological polar surface area (TPSA) is 50.3 Å². The van der Waals surface area contributed by atoms with Gasteiger partial charge in [0.15, 0.2) is 0 Å². The maximum absolute atomic E-state index is 12.8. The summed E-state index contributed by atoms with van der Waals surface area (Å²) in [5.41, 5.74) is -4.59. The molecular formula is C14H13F3N2O2S. The fourth-order valence-corrected chi connectivity index (χ4v) is 2.98. The van der Waals surface area contributed by atoms with Crippen molar-refractivity contribution in [3.05, 3.63) is 54.4 Å². The van der Waals surface area contributed by atoms with Crippen LogP contribution in [0.2, 0.25) is 0 Å². The molecule has 0 unspecified atom stereocenters. The maximum Gasteiger partial charge on any atom is 0.501 e. The van der Waals surface area contributed by atoms with Crippen molar-refractivity contribution in [3.63, 3.8) is 0 Å². The van der Waals surface area contributed by atoms with Crippen LogP contribution in [-0.4, -0.2) is 26.0 Å². The van der Waals surface area contributed by atoms with E-state index in [9.17, 15) is 21.6 Å². The Balaban J connectivity index is 2.41. The largest absolute Gasteiger partial charge is 0.501 e. The minimum atomic E-state index is -5.40. The summed E-state index contributed by atoms with van der Waals surface area (Å²) in [7, 11) is -3.88. The van der Waals surface area contributed by atoms with Crippen molar-refractivity contribution in [1.82, 2.24) is 4.98 Å². The molecule has 8 heteroatoms. The van der Waals surface area contributed by atoms with E-state index >= 15 is 0 Å². The molecule has 0 saturated carbocycles. The second-order valence-corrected chi connectivity index (χ2v) is 6.54. The van der Waals surface area contributed by atoms with Crippen LogP contribution in [0.1, 0.15) is 5.56 Å². The molecule has 0 N–H and O–H groups in total. The van der Waals surface area contributed by atoms with Crippen molar-refractivity contribution in [2.75, 3.05) is 11.9 Å². The molecule has 0 atom stereocenters. The summed E-state index contributed by atoms with van der Waals surface area (Å²) in [5, 5.41) is 0. The van der Waals surface area contributed by atoms with Gasteiger partial charge in [-0.25, -0.2) is 8.42 Å². The zero-order chi connectivity index (χ0) is 16.4. The number of hydrogen-bond acceptors (Lipinski definition) is 4. The standard InChI is InChI=1S/C14H13F3N2O2S/c1-19(10-11-5-4-8-18-9-11)12-6-2-3-7-13(12)22(20,21)14(15,16)17/h2-9H,10H2,1H3. The number of hydrogen-bond donors (Lipinski definition) is 0. The number of para-hydroxylation sites is 1. The third-order valence-electron chi connectivity index (χ3n) is 3.01. The van der Waals surface area contributed by atoms with Crippen LogP contribution >= 0.6 is 0 Å². The highest BCUT2D eigenvalue weighted by atomic mass is 32.2. The highest BCUT2D eigenvalue weighted by Crippen LogP contribution is 2.35. The lowest BCUT2D eigenvalue weighted by Crippen LogP contribution is -2.26. The Morgan fingerprint density at radius 1 is 1.14 bits per heavy atom. The second kappa shape index (κ2) is 5.96. The van der Waals surface area contributed by atoms with Gasteiger partial charge < -0.3 is 4.90 Å². The molecule has 0 fully saturated rings. The lowest BCUT2D eigenvalue weighted by molar-refractivity contribution is -0.0435. The first-order chi connectivity index (χ1) is 10.2. The van der Waals surface area contributed by atoms with Gasteiger partial charge in [0.2, 0.25) is 0 Å². The quantitative estimate of drug-likeness (QED) is 0.865. The van der Waals surface area contributed by atoms with E-state index in [4.69, 9.17) is 0 Å². The van der Waals surface area contributed by atoms with E-state index in [2.05, 4.69) is 4.98 Å². The van der Waals surface area contributed by atoms with Crippen molar-refractivity contribution < 1.29 is 21.6 Å². The Labute approximate surface area is 126 Å². The first-order valence-electron chi connectivity index (χ1n) is 6.24. The monoisotopic (exact) mass is 330 g/mol. The molecule has 1 heterocycles. The molecule has 0 saturated heterocycles. The highest BCUT2D eigenvalue weighted by molar-refractivity contribution is 7.92. The van der Waals surface area contributed by atoms with E-state index in [0.29, 0.717) is 0 Å². The summed E-state index contributed by atoms with van der Waals surface area (Å²) in [4.78, 5) is 4.60. The van der Waals surface area contributed by atoms with Crippen LogP contribution in [0.4, 0.5) is 18.9 Å². The van der Waals surface area contributed by atoms with Crippen LogP contribution in [0, 0.1) is 0 Å². The number of anilines is 1. The van der Waals surface area contributed by atoms with Gasteiger partial charge in [0.05, 0.1) is 10.6 Å². The number of pyridine rings is 1. The number of halogens is 3. The molecule has 0 spiro atoms. The molecule has 2 aromatic rings. The number of rotatable bonds is 4. The second-order valence-electron chi connectivity index (χ2n) is 4.63. The Morgan fingerprint density at radius 2 is 1.82 bits per heavy atom. The van der Waals surface area contributed by atoms with Gasteiger partial charge in [-0.1, -0.05) is 18.2 Å². The first-order valence-corrected chi connectivity index (χ1v) is 7.72. The van der Waals surface area contributed by atoms with Crippen LogP contribution < -0.4 is 4.90 Å². The van der Waals surface area contributed by atoms with Gasteiger partial charge in [-0.05, 0) is 23.8 Å². The van der Waals surface area contributed by atoms with Gasteiger partial charge >= 0.3 is 5.51 Å². The third kappa shape index (κ3) is 3.22. The van der Waals surface area contributed by atoms with Crippen molar-refractivity contribution in [3.8, 4) is 0 Å². The number of sulfone groups is 1. The van der Waals surface area contributed by atoms with Gasteiger partial charge in [-0.3, -0.25) is 4.98 Å². The Hall–Kier alpha value is -2.09. The van der Waals surface area contributed by atoms with E-state index < -0.39 is 20.2 Å². The van der Waals surface area contributed by atoms with Crippen LogP contribution in [0.5, 0.6) is 0 Å². The average molecular weight is 330 g/mol. The number of nitrogens with zero attached hydrogens (tertiary/aromatic N) is 2.